The van der Waals surface area contributed by atoms with Crippen molar-refractivity contribution >= 4 is 32.4 Å². The van der Waals surface area contributed by atoms with Gasteiger partial charge in [-0.2, -0.15) is 0 Å². The molecule has 0 saturated heterocycles. The molecule has 6 heteroatoms. The van der Waals surface area contributed by atoms with Crippen LogP contribution in [0.4, 0.5) is 5.69 Å². The zero-order valence-corrected chi connectivity index (χ0v) is 18.5. The number of hydrogen-bond donors (Lipinski definition) is 2. The van der Waals surface area contributed by atoms with Gasteiger partial charge in [0.25, 0.3) is 5.91 Å². The summed E-state index contributed by atoms with van der Waals surface area (Å²) in [5, 5.41) is 4.16. The fraction of sp³-hybridized carbons (Fsp3) is 0.115. The van der Waals surface area contributed by atoms with E-state index in [2.05, 4.69) is 10.0 Å². The topological polar surface area (TPSA) is 75.3 Å². The number of rotatable bonds is 7. The molecule has 0 aliphatic heterocycles. The third-order valence-corrected chi connectivity index (χ3v) is 6.88. The van der Waals surface area contributed by atoms with E-state index in [1.807, 2.05) is 67.6 Å². The Morgan fingerprint density at radius 1 is 0.781 bits per heavy atom. The van der Waals surface area contributed by atoms with Crippen LogP contribution in [-0.4, -0.2) is 20.9 Å². The number of carbonyl (C=O) groups is 1. The number of sulfonamides is 1. The summed E-state index contributed by atoms with van der Waals surface area (Å²) in [6.45, 7) is 2.18. The number of hydrogen-bond acceptors (Lipinski definition) is 3. The van der Waals surface area contributed by atoms with Crippen LogP contribution < -0.4 is 10.0 Å². The molecule has 4 aromatic carbocycles. The number of benzene rings is 4. The lowest BCUT2D eigenvalue weighted by molar-refractivity contribution is 0.102. The second kappa shape index (κ2) is 9.34. The molecule has 0 aromatic heterocycles. The first-order chi connectivity index (χ1) is 15.5. The summed E-state index contributed by atoms with van der Waals surface area (Å²) in [5.74, 6) is -0.232. The molecule has 0 radical (unpaired) electrons. The van der Waals surface area contributed by atoms with Gasteiger partial charge in [0, 0.05) is 28.6 Å². The molecular formula is C26H24N2O3S. The predicted molar refractivity (Wildman–Crippen MR) is 128 cm³/mol. The quantitative estimate of drug-likeness (QED) is 0.425. The van der Waals surface area contributed by atoms with Crippen molar-refractivity contribution in [1.82, 2.24) is 4.72 Å². The normalized spacial score (nSPS) is 11.4. The van der Waals surface area contributed by atoms with Gasteiger partial charge >= 0.3 is 0 Å². The van der Waals surface area contributed by atoms with Crippen LogP contribution in [0.5, 0.6) is 0 Å². The molecule has 4 aromatic rings. The van der Waals surface area contributed by atoms with Gasteiger partial charge in [0.2, 0.25) is 10.0 Å². The highest BCUT2D eigenvalue weighted by Gasteiger charge is 2.19. The van der Waals surface area contributed by atoms with Crippen molar-refractivity contribution in [3.05, 3.63) is 108 Å². The summed E-state index contributed by atoms with van der Waals surface area (Å²) in [5.41, 5.74) is 3.08. The Bertz CT molecular complexity index is 1370. The van der Waals surface area contributed by atoms with Gasteiger partial charge < -0.3 is 5.32 Å². The summed E-state index contributed by atoms with van der Waals surface area (Å²) < 4.78 is 28.8. The molecule has 4 rings (SSSR count). The molecule has 32 heavy (non-hydrogen) atoms. The average molecular weight is 445 g/mol. The Labute approximate surface area is 188 Å². The van der Waals surface area contributed by atoms with Crippen molar-refractivity contribution in [2.45, 2.75) is 18.2 Å². The van der Waals surface area contributed by atoms with Crippen LogP contribution in [0.1, 0.15) is 21.5 Å². The first-order valence-electron chi connectivity index (χ1n) is 10.4. The molecule has 0 unspecified atom stereocenters. The molecule has 0 bridgehead atoms. The molecule has 0 atom stereocenters. The van der Waals surface area contributed by atoms with E-state index in [1.165, 1.54) is 0 Å². The van der Waals surface area contributed by atoms with Gasteiger partial charge in [-0.1, -0.05) is 72.8 Å². The zero-order valence-electron chi connectivity index (χ0n) is 17.7. The van der Waals surface area contributed by atoms with Crippen molar-refractivity contribution in [2.75, 3.05) is 11.9 Å². The first-order valence-corrected chi connectivity index (χ1v) is 11.9. The smallest absolute Gasteiger partial charge is 0.255 e. The number of fused-ring (bicyclic) bond motifs is 1. The molecule has 2 N–H and O–H groups in total. The molecule has 0 fully saturated rings. The average Bonchev–Trinajstić information content (AvgIpc) is 2.80. The fourth-order valence-electron chi connectivity index (χ4n) is 3.68. The maximum Gasteiger partial charge on any atom is 0.255 e. The largest absolute Gasteiger partial charge is 0.321 e. The summed E-state index contributed by atoms with van der Waals surface area (Å²) in [6.07, 6.45) is 0.600. The Kier molecular flexibility index (Phi) is 6.35. The van der Waals surface area contributed by atoms with Crippen molar-refractivity contribution in [2.24, 2.45) is 0 Å². The molecule has 1 amide bonds. The molecule has 5 nitrogen and oxygen atoms in total. The number of aryl methyl sites for hydroxylation is 1. The SMILES string of the molecule is Cc1ccccc1C(=O)Nc1ccc(S(=O)(=O)NCCc2ccccc2)c2ccccc12. The van der Waals surface area contributed by atoms with Crippen LogP contribution in [0.15, 0.2) is 95.9 Å². The van der Waals surface area contributed by atoms with Gasteiger partial charge in [-0.05, 0) is 42.7 Å². The fourth-order valence-corrected chi connectivity index (χ4v) is 4.93. The summed E-state index contributed by atoms with van der Waals surface area (Å²) in [6, 6.07) is 27.4. The highest BCUT2D eigenvalue weighted by molar-refractivity contribution is 7.89. The molecule has 0 saturated carbocycles. The van der Waals surface area contributed by atoms with Crippen molar-refractivity contribution in [1.29, 1.82) is 0 Å². The number of nitrogens with one attached hydrogen (secondary N) is 2. The summed E-state index contributed by atoms with van der Waals surface area (Å²) in [4.78, 5) is 13.0. The second-order valence-corrected chi connectivity index (χ2v) is 9.29. The second-order valence-electron chi connectivity index (χ2n) is 7.56. The highest BCUT2D eigenvalue weighted by Crippen LogP contribution is 2.30. The van der Waals surface area contributed by atoms with E-state index in [9.17, 15) is 13.2 Å². The van der Waals surface area contributed by atoms with Gasteiger partial charge in [0.05, 0.1) is 4.90 Å². The van der Waals surface area contributed by atoms with E-state index in [0.717, 1.165) is 11.1 Å². The molecule has 162 valence electrons. The lowest BCUT2D eigenvalue weighted by Gasteiger charge is -2.14. The van der Waals surface area contributed by atoms with Crippen molar-refractivity contribution in [3.63, 3.8) is 0 Å². The van der Waals surface area contributed by atoms with Gasteiger partial charge in [0.1, 0.15) is 0 Å². The van der Waals surface area contributed by atoms with E-state index < -0.39 is 10.0 Å². The Morgan fingerprint density at radius 2 is 1.44 bits per heavy atom. The highest BCUT2D eigenvalue weighted by atomic mass is 32.2. The Hall–Kier alpha value is -3.48. The van der Waals surface area contributed by atoms with E-state index in [-0.39, 0.29) is 10.8 Å². The minimum Gasteiger partial charge on any atom is -0.321 e. The third kappa shape index (κ3) is 4.72. The van der Waals surface area contributed by atoms with Crippen LogP contribution >= 0.6 is 0 Å². The van der Waals surface area contributed by atoms with E-state index in [1.54, 1.807) is 30.3 Å². The van der Waals surface area contributed by atoms with Gasteiger partial charge in [-0.15, -0.1) is 0 Å². The van der Waals surface area contributed by atoms with E-state index in [0.29, 0.717) is 35.0 Å². The molecule has 0 spiro atoms. The van der Waals surface area contributed by atoms with Gasteiger partial charge in [0.15, 0.2) is 0 Å². The monoisotopic (exact) mass is 444 g/mol. The van der Waals surface area contributed by atoms with Crippen LogP contribution in [0.2, 0.25) is 0 Å². The summed E-state index contributed by atoms with van der Waals surface area (Å²) in [7, 11) is -3.72. The number of amides is 1. The Morgan fingerprint density at radius 3 is 2.19 bits per heavy atom. The lowest BCUT2D eigenvalue weighted by Crippen LogP contribution is -2.26. The van der Waals surface area contributed by atoms with E-state index >= 15 is 0 Å². The first kappa shape index (κ1) is 21.7. The number of carbonyl (C=O) groups excluding carboxylic acids is 1. The molecular weight excluding hydrogens is 420 g/mol. The van der Waals surface area contributed by atoms with Crippen LogP contribution in [0, 0.1) is 6.92 Å². The standard InChI is InChI=1S/C26H24N2O3S/c1-19-9-5-6-12-21(19)26(29)28-24-15-16-25(23-14-8-7-13-22(23)24)32(30,31)27-18-17-20-10-3-2-4-11-20/h2-16,27H,17-18H2,1H3,(H,28,29). The molecule has 0 heterocycles. The number of anilines is 1. The van der Waals surface area contributed by atoms with Crippen molar-refractivity contribution < 1.29 is 13.2 Å². The maximum atomic E-state index is 13.0. The minimum absolute atomic E-state index is 0.190. The third-order valence-electron chi connectivity index (χ3n) is 5.36. The van der Waals surface area contributed by atoms with Gasteiger partial charge in [-0.25, -0.2) is 13.1 Å². The Balaban J connectivity index is 1.60. The van der Waals surface area contributed by atoms with E-state index in [4.69, 9.17) is 0 Å². The van der Waals surface area contributed by atoms with Crippen LogP contribution in [0.25, 0.3) is 10.8 Å². The summed E-state index contributed by atoms with van der Waals surface area (Å²) >= 11 is 0. The van der Waals surface area contributed by atoms with Gasteiger partial charge in [-0.3, -0.25) is 4.79 Å². The van der Waals surface area contributed by atoms with Crippen LogP contribution in [0.3, 0.4) is 0 Å². The van der Waals surface area contributed by atoms with Crippen LogP contribution in [-0.2, 0) is 16.4 Å². The predicted octanol–water partition coefficient (Wildman–Crippen LogP) is 4.92. The molecule has 0 aliphatic rings. The maximum absolute atomic E-state index is 13.0. The zero-order chi connectivity index (χ0) is 22.6. The molecule has 0 aliphatic carbocycles. The minimum atomic E-state index is -3.72. The van der Waals surface area contributed by atoms with Crippen molar-refractivity contribution in [3.8, 4) is 0 Å². The lowest BCUT2D eigenvalue weighted by atomic mass is 10.1.